The van der Waals surface area contributed by atoms with Gasteiger partial charge in [0.25, 0.3) is 0 Å². The molecule has 5 nitrogen and oxygen atoms in total. The molecule has 6 heteroatoms. The molecule has 1 aromatic heterocycles. The number of methoxy groups -OCH3 is 2. The second-order valence-corrected chi connectivity index (χ2v) is 2.81. The summed E-state index contributed by atoms with van der Waals surface area (Å²) < 4.78 is 9.36. The van der Waals surface area contributed by atoms with Crippen LogP contribution in [0.4, 0.5) is 0 Å². The van der Waals surface area contributed by atoms with Crippen molar-refractivity contribution in [2.45, 2.75) is 6.92 Å². The molecule has 0 saturated heterocycles. The number of aromatic nitrogens is 2. The summed E-state index contributed by atoms with van der Waals surface area (Å²) in [5, 5.41) is 0.159. The molecule has 0 aliphatic rings. The van der Waals surface area contributed by atoms with Gasteiger partial charge in [-0.25, -0.2) is 14.8 Å². The van der Waals surface area contributed by atoms with Gasteiger partial charge in [0.05, 0.1) is 19.9 Å². The van der Waals surface area contributed by atoms with Crippen molar-refractivity contribution in [1.82, 2.24) is 9.97 Å². The van der Waals surface area contributed by atoms with Gasteiger partial charge in [-0.15, -0.1) is 0 Å². The van der Waals surface area contributed by atoms with Crippen LogP contribution in [0.1, 0.15) is 16.2 Å². The SMILES string of the molecule is COC(=O)c1nc(Cl)c(C)nc1OC. The standard InChI is InChI=1S/C8H9ClN2O3/c1-4-6(9)11-5(8(12)14-3)7(10-4)13-2/h1-3H3. The lowest BCUT2D eigenvalue weighted by atomic mass is 10.4. The zero-order chi connectivity index (χ0) is 10.7. The first kappa shape index (κ1) is 10.7. The first-order valence-corrected chi connectivity index (χ1v) is 4.14. The molecule has 0 N–H and O–H groups in total. The van der Waals surface area contributed by atoms with Crippen LogP contribution in [0.5, 0.6) is 5.88 Å². The lowest BCUT2D eigenvalue weighted by Crippen LogP contribution is -2.09. The van der Waals surface area contributed by atoms with E-state index in [0.717, 1.165) is 0 Å². The van der Waals surface area contributed by atoms with Gasteiger partial charge in [-0.3, -0.25) is 0 Å². The van der Waals surface area contributed by atoms with E-state index in [2.05, 4.69) is 14.7 Å². The van der Waals surface area contributed by atoms with Crippen LogP contribution < -0.4 is 4.74 Å². The summed E-state index contributed by atoms with van der Waals surface area (Å²) in [6, 6.07) is 0. The van der Waals surface area contributed by atoms with Crippen molar-refractivity contribution < 1.29 is 14.3 Å². The molecule has 0 saturated carbocycles. The number of hydrogen-bond acceptors (Lipinski definition) is 5. The molecule has 0 amide bonds. The number of halogens is 1. The van der Waals surface area contributed by atoms with Gasteiger partial charge in [0.15, 0.2) is 5.15 Å². The van der Waals surface area contributed by atoms with Gasteiger partial charge >= 0.3 is 5.97 Å². The normalized spacial score (nSPS) is 9.71. The Morgan fingerprint density at radius 2 is 2.00 bits per heavy atom. The van der Waals surface area contributed by atoms with Crippen molar-refractivity contribution in [2.75, 3.05) is 14.2 Å². The van der Waals surface area contributed by atoms with Gasteiger partial charge in [0.1, 0.15) is 0 Å². The average Bonchev–Trinajstić information content (AvgIpc) is 2.20. The lowest BCUT2D eigenvalue weighted by molar-refractivity contribution is 0.0589. The molecule has 14 heavy (non-hydrogen) atoms. The third kappa shape index (κ3) is 1.93. The maximum Gasteiger partial charge on any atom is 0.362 e. The fourth-order valence-electron chi connectivity index (χ4n) is 0.850. The van der Waals surface area contributed by atoms with Crippen LogP contribution in [-0.4, -0.2) is 30.2 Å². The molecule has 0 unspecified atom stereocenters. The quantitative estimate of drug-likeness (QED) is 0.696. The monoisotopic (exact) mass is 216 g/mol. The second-order valence-electron chi connectivity index (χ2n) is 2.45. The summed E-state index contributed by atoms with van der Waals surface area (Å²) in [6.07, 6.45) is 0. The molecule has 0 fully saturated rings. The minimum absolute atomic E-state index is 0.0226. The van der Waals surface area contributed by atoms with E-state index in [9.17, 15) is 4.79 Å². The van der Waals surface area contributed by atoms with Crippen molar-refractivity contribution in [1.29, 1.82) is 0 Å². The molecule has 0 bridgehead atoms. The molecule has 1 heterocycles. The van der Waals surface area contributed by atoms with E-state index in [1.165, 1.54) is 14.2 Å². The Kier molecular flexibility index (Phi) is 3.24. The van der Waals surface area contributed by atoms with Crippen LogP contribution in [-0.2, 0) is 4.74 Å². The molecular weight excluding hydrogens is 208 g/mol. The Balaban J connectivity index is 3.27. The van der Waals surface area contributed by atoms with E-state index >= 15 is 0 Å². The topological polar surface area (TPSA) is 61.3 Å². The number of nitrogens with zero attached hydrogens (tertiary/aromatic N) is 2. The molecule has 0 spiro atoms. The molecule has 1 rings (SSSR count). The van der Waals surface area contributed by atoms with Gasteiger partial charge in [-0.2, -0.15) is 0 Å². The maximum absolute atomic E-state index is 11.2. The molecule has 0 aliphatic carbocycles. The Labute approximate surface area is 86.0 Å². The van der Waals surface area contributed by atoms with Crippen LogP contribution >= 0.6 is 11.6 Å². The predicted octanol–water partition coefficient (Wildman–Crippen LogP) is 1.23. The van der Waals surface area contributed by atoms with Crippen LogP contribution in [0.2, 0.25) is 5.15 Å². The average molecular weight is 217 g/mol. The zero-order valence-corrected chi connectivity index (χ0v) is 8.75. The van der Waals surface area contributed by atoms with Gasteiger partial charge < -0.3 is 9.47 Å². The van der Waals surface area contributed by atoms with Crippen LogP contribution in [0.15, 0.2) is 0 Å². The van der Waals surface area contributed by atoms with Crippen LogP contribution in [0.25, 0.3) is 0 Å². The highest BCUT2D eigenvalue weighted by atomic mass is 35.5. The number of carbonyl (C=O) groups is 1. The summed E-state index contributed by atoms with van der Waals surface area (Å²) in [5.41, 5.74) is 0.474. The predicted molar refractivity (Wildman–Crippen MR) is 49.7 cm³/mol. The Morgan fingerprint density at radius 3 is 2.50 bits per heavy atom. The van der Waals surface area contributed by atoms with E-state index in [0.29, 0.717) is 5.69 Å². The summed E-state index contributed by atoms with van der Waals surface area (Å²) in [6.45, 7) is 1.67. The van der Waals surface area contributed by atoms with Crippen LogP contribution in [0, 0.1) is 6.92 Å². The van der Waals surface area contributed by atoms with E-state index < -0.39 is 5.97 Å². The van der Waals surface area contributed by atoms with E-state index in [-0.39, 0.29) is 16.7 Å². The van der Waals surface area contributed by atoms with Gasteiger partial charge in [0, 0.05) is 0 Å². The highest BCUT2D eigenvalue weighted by Crippen LogP contribution is 2.19. The van der Waals surface area contributed by atoms with Crippen molar-refractivity contribution >= 4 is 17.6 Å². The maximum atomic E-state index is 11.2. The number of esters is 1. The third-order valence-electron chi connectivity index (χ3n) is 1.55. The van der Waals surface area contributed by atoms with Crippen molar-refractivity contribution in [3.05, 3.63) is 16.5 Å². The fraction of sp³-hybridized carbons (Fsp3) is 0.375. The second kappa shape index (κ2) is 4.23. The number of hydrogen-bond donors (Lipinski definition) is 0. The molecule has 1 aromatic rings. The van der Waals surface area contributed by atoms with Gasteiger partial charge in [-0.1, -0.05) is 11.6 Å². The van der Waals surface area contributed by atoms with Crippen LogP contribution in [0.3, 0.4) is 0 Å². The summed E-state index contributed by atoms with van der Waals surface area (Å²) >= 11 is 5.71. The molecular formula is C8H9ClN2O3. The molecule has 0 atom stereocenters. The summed E-state index contributed by atoms with van der Waals surface area (Å²) in [7, 11) is 2.64. The fourth-order valence-corrected chi connectivity index (χ4v) is 0.977. The van der Waals surface area contributed by atoms with Gasteiger partial charge in [0.2, 0.25) is 11.6 Å². The Morgan fingerprint density at radius 1 is 1.36 bits per heavy atom. The smallest absolute Gasteiger partial charge is 0.362 e. The van der Waals surface area contributed by atoms with Crippen molar-refractivity contribution in [2.24, 2.45) is 0 Å². The summed E-state index contributed by atoms with van der Waals surface area (Å²) in [4.78, 5) is 19.0. The number of aryl methyl sites for hydroxylation is 1. The third-order valence-corrected chi connectivity index (χ3v) is 1.91. The Bertz CT molecular complexity index is 368. The minimum atomic E-state index is -0.628. The number of carbonyl (C=O) groups excluding carboxylic acids is 1. The first-order valence-electron chi connectivity index (χ1n) is 3.76. The van der Waals surface area contributed by atoms with E-state index in [4.69, 9.17) is 16.3 Å². The van der Waals surface area contributed by atoms with E-state index in [1.54, 1.807) is 6.92 Å². The molecule has 0 aliphatic heterocycles. The largest absolute Gasteiger partial charge is 0.479 e. The number of rotatable bonds is 2. The lowest BCUT2D eigenvalue weighted by Gasteiger charge is -2.06. The minimum Gasteiger partial charge on any atom is -0.479 e. The Hall–Kier alpha value is -1.36. The van der Waals surface area contributed by atoms with E-state index in [1.807, 2.05) is 0 Å². The van der Waals surface area contributed by atoms with Crippen molar-refractivity contribution in [3.8, 4) is 5.88 Å². The zero-order valence-electron chi connectivity index (χ0n) is 8.00. The molecule has 0 radical (unpaired) electrons. The molecule has 76 valence electrons. The summed E-state index contributed by atoms with van der Waals surface area (Å²) in [5.74, 6) is -0.519. The number of ether oxygens (including phenoxy) is 2. The van der Waals surface area contributed by atoms with Crippen molar-refractivity contribution in [3.63, 3.8) is 0 Å². The highest BCUT2D eigenvalue weighted by molar-refractivity contribution is 6.30. The highest BCUT2D eigenvalue weighted by Gasteiger charge is 2.18. The van der Waals surface area contributed by atoms with Gasteiger partial charge in [-0.05, 0) is 6.92 Å². The molecule has 0 aromatic carbocycles. The first-order chi connectivity index (χ1) is 6.60.